The van der Waals surface area contributed by atoms with Crippen molar-refractivity contribution in [3.8, 4) is 33.6 Å². The Kier molecular flexibility index (Phi) is 11.3. The van der Waals surface area contributed by atoms with Gasteiger partial charge in [0.25, 0.3) is 6.71 Å². The first-order chi connectivity index (χ1) is 45.4. The molecule has 19 rings (SSSR count). The molecule has 0 aliphatic carbocycles. The zero-order chi connectivity index (χ0) is 62.2. The first kappa shape index (κ1) is 53.6. The van der Waals surface area contributed by atoms with Crippen LogP contribution in [-0.2, 0) is 10.8 Å². The lowest BCUT2D eigenvalue weighted by molar-refractivity contribution is 0.593. The molecule has 0 fully saturated rings. The number of para-hydroxylation sites is 8. The third-order valence-corrected chi connectivity index (χ3v) is 20.1. The molecule has 0 radical (unpaired) electrons. The van der Waals surface area contributed by atoms with Crippen LogP contribution in [0.1, 0.15) is 52.7 Å². The molecule has 0 saturated carbocycles. The molecule has 93 heavy (non-hydrogen) atoms. The van der Waals surface area contributed by atoms with Crippen LogP contribution in [0.15, 0.2) is 282 Å². The minimum absolute atomic E-state index is 0.134. The molecule has 13 aromatic carbocycles. The second-order valence-corrected chi connectivity index (χ2v) is 27.6. The Balaban J connectivity index is 0.911. The molecule has 2 aliphatic rings. The second-order valence-electron chi connectivity index (χ2n) is 27.6. The van der Waals surface area contributed by atoms with Gasteiger partial charge < -0.3 is 27.8 Å². The average molecular weight is 1200 g/mol. The van der Waals surface area contributed by atoms with Crippen molar-refractivity contribution in [2.75, 3.05) is 9.80 Å². The highest BCUT2D eigenvalue weighted by Gasteiger charge is 2.45. The number of hydrogen-bond acceptors (Lipinski definition) is 4. The lowest BCUT2D eigenvalue weighted by Crippen LogP contribution is -2.61. The van der Waals surface area contributed by atoms with E-state index in [2.05, 4.69) is 321 Å². The van der Waals surface area contributed by atoms with Crippen LogP contribution in [0.4, 0.5) is 34.1 Å². The molecule has 0 bridgehead atoms. The van der Waals surface area contributed by atoms with Crippen molar-refractivity contribution in [2.24, 2.45) is 0 Å². The van der Waals surface area contributed by atoms with Crippen LogP contribution in [0.25, 0.3) is 121 Å². The van der Waals surface area contributed by atoms with E-state index < -0.39 is 0 Å². The first-order valence-corrected chi connectivity index (χ1v) is 32.5. The maximum absolute atomic E-state index is 6.47. The second kappa shape index (κ2) is 19.6. The molecular weight excluding hydrogens is 1130 g/mol. The molecule has 6 nitrogen and oxygen atoms in total. The molecule has 6 heterocycles. The molecule has 17 aromatic rings. The topological polar surface area (TPSA) is 42.6 Å². The van der Waals surface area contributed by atoms with Gasteiger partial charge in [0.1, 0.15) is 22.3 Å². The van der Waals surface area contributed by atoms with E-state index in [0.29, 0.717) is 0 Å². The normalized spacial score (nSPS) is 13.2. The Bertz CT molecular complexity index is 5660. The highest BCUT2D eigenvalue weighted by atomic mass is 16.3. The van der Waals surface area contributed by atoms with Gasteiger partial charge in [0, 0.05) is 88.3 Å². The van der Waals surface area contributed by atoms with Gasteiger partial charge in [0.05, 0.1) is 33.4 Å². The van der Waals surface area contributed by atoms with Crippen molar-refractivity contribution in [1.82, 2.24) is 9.13 Å². The van der Waals surface area contributed by atoms with E-state index in [-0.39, 0.29) is 17.5 Å². The van der Waals surface area contributed by atoms with Crippen molar-refractivity contribution >= 4 is 145 Å². The number of rotatable bonds is 6. The zero-order valence-electron chi connectivity index (χ0n) is 52.7. The predicted molar refractivity (Wildman–Crippen MR) is 392 cm³/mol. The molecule has 0 unspecified atom stereocenters. The van der Waals surface area contributed by atoms with Crippen LogP contribution < -0.4 is 26.2 Å². The van der Waals surface area contributed by atoms with E-state index in [0.717, 1.165) is 112 Å². The quantitative estimate of drug-likeness (QED) is 0.156. The predicted octanol–water partition coefficient (Wildman–Crippen LogP) is 21.7. The summed E-state index contributed by atoms with van der Waals surface area (Å²) in [6.45, 7) is 13.9. The molecule has 2 aliphatic heterocycles. The van der Waals surface area contributed by atoms with Crippen LogP contribution >= 0.6 is 0 Å². The zero-order valence-corrected chi connectivity index (χ0v) is 52.7. The highest BCUT2D eigenvalue weighted by Crippen LogP contribution is 2.51. The minimum atomic E-state index is -0.176. The van der Waals surface area contributed by atoms with Gasteiger partial charge in [0.2, 0.25) is 0 Å². The minimum Gasteiger partial charge on any atom is -0.456 e. The summed E-state index contributed by atoms with van der Waals surface area (Å²) in [4.78, 5) is 5.18. The van der Waals surface area contributed by atoms with E-state index in [1.807, 2.05) is 12.1 Å². The number of aromatic nitrogens is 2. The standard InChI is InChI=1S/C86H63BN4O2/c1-85(2,3)66-30-19-28-62-58-24-9-15-34-72(58)88(83(62)66)54-42-44-68-76(50-54)90(70-32-13-7-22-56(70)52-40-46-80-64(48-52)60-26-11-17-38-78(60)92-80)74-36-21-37-75-82(74)87(68)69-45-43-55(89-73-35-16-10-25-59(73)63-29-20-31-67(84(63)89)86(4,5)6)51-77(69)91(75)71-33-14-8-23-57(71)53-41-47-81-65(49-53)61-27-12-18-39-79(61)93-81/h7-51H,1-6H3. The van der Waals surface area contributed by atoms with Crippen LogP contribution in [0, 0.1) is 0 Å². The summed E-state index contributed by atoms with van der Waals surface area (Å²) in [5.74, 6) is 0. The summed E-state index contributed by atoms with van der Waals surface area (Å²) in [6.07, 6.45) is 0. The Morgan fingerprint density at radius 3 is 1.13 bits per heavy atom. The van der Waals surface area contributed by atoms with E-state index in [1.54, 1.807) is 0 Å². The molecule has 0 saturated heterocycles. The van der Waals surface area contributed by atoms with E-state index in [9.17, 15) is 0 Å². The van der Waals surface area contributed by atoms with Gasteiger partial charge in [-0.3, -0.25) is 0 Å². The molecular formula is C86H63BN4O2. The first-order valence-electron chi connectivity index (χ1n) is 32.5. The molecule has 0 atom stereocenters. The molecule has 7 heteroatoms. The van der Waals surface area contributed by atoms with Crippen molar-refractivity contribution in [3.05, 3.63) is 284 Å². The Morgan fingerprint density at radius 2 is 0.667 bits per heavy atom. The number of fused-ring (bicyclic) bond motifs is 16. The van der Waals surface area contributed by atoms with Gasteiger partial charge in [-0.25, -0.2) is 0 Å². The number of benzene rings is 13. The number of nitrogens with zero attached hydrogens (tertiary/aromatic N) is 4. The van der Waals surface area contributed by atoms with E-state index in [1.165, 1.54) is 71.1 Å². The monoisotopic (exact) mass is 1190 g/mol. The maximum Gasteiger partial charge on any atom is 0.252 e. The van der Waals surface area contributed by atoms with Crippen LogP contribution in [-0.4, -0.2) is 15.8 Å². The highest BCUT2D eigenvalue weighted by molar-refractivity contribution is 7.00. The number of anilines is 6. The van der Waals surface area contributed by atoms with Crippen molar-refractivity contribution in [1.29, 1.82) is 0 Å². The lowest BCUT2D eigenvalue weighted by Gasteiger charge is -2.45. The maximum atomic E-state index is 6.47. The molecule has 0 spiro atoms. The summed E-state index contributed by atoms with van der Waals surface area (Å²) in [5, 5.41) is 9.39. The number of hydrogen-bond donors (Lipinski definition) is 0. The largest absolute Gasteiger partial charge is 0.456 e. The molecule has 4 aromatic heterocycles. The average Bonchev–Trinajstić information content (AvgIpc) is 1.11. The van der Waals surface area contributed by atoms with Gasteiger partial charge in [-0.1, -0.05) is 217 Å². The van der Waals surface area contributed by atoms with Crippen molar-refractivity contribution in [3.63, 3.8) is 0 Å². The smallest absolute Gasteiger partial charge is 0.252 e. The van der Waals surface area contributed by atoms with Crippen LogP contribution in [0.3, 0.4) is 0 Å². The number of furan rings is 2. The van der Waals surface area contributed by atoms with Crippen LogP contribution in [0.5, 0.6) is 0 Å². The molecule has 0 N–H and O–H groups in total. The van der Waals surface area contributed by atoms with Gasteiger partial charge in [-0.2, -0.15) is 0 Å². The summed E-state index contributed by atoms with van der Waals surface area (Å²) >= 11 is 0. The Labute approximate surface area is 539 Å². The Morgan fingerprint density at radius 1 is 0.290 bits per heavy atom. The molecule has 0 amide bonds. The summed E-state index contributed by atoms with van der Waals surface area (Å²) < 4.78 is 18.0. The molecule has 442 valence electrons. The van der Waals surface area contributed by atoms with Crippen molar-refractivity contribution < 1.29 is 8.83 Å². The van der Waals surface area contributed by atoms with Gasteiger partial charge in [0.15, 0.2) is 0 Å². The summed E-state index contributed by atoms with van der Waals surface area (Å²) in [6, 6.07) is 102. The van der Waals surface area contributed by atoms with E-state index in [4.69, 9.17) is 8.83 Å². The van der Waals surface area contributed by atoms with E-state index >= 15 is 0 Å². The SMILES string of the molecule is CC(C)(C)c1cccc2c3ccccc3n(-c3ccc4c(c3)N(c3ccccc3-c3ccc5oc6ccccc6c5c3)c3cccc5c3B4c3ccc(-n4c6ccccc6c6cccc(C(C)(C)C)c64)cc3N5c3ccccc3-c3ccc4oc5ccccc5c4c3)c12. The Hall–Kier alpha value is -11.3. The summed E-state index contributed by atoms with van der Waals surface area (Å²) in [7, 11) is 0. The summed E-state index contributed by atoms with van der Waals surface area (Å²) in [5.41, 5.74) is 27.8. The van der Waals surface area contributed by atoms with Gasteiger partial charge in [-0.15, -0.1) is 0 Å². The fourth-order valence-electron chi connectivity index (χ4n) is 16.1. The third-order valence-electron chi connectivity index (χ3n) is 20.1. The van der Waals surface area contributed by atoms with Gasteiger partial charge >= 0.3 is 0 Å². The fraction of sp³-hybridized carbons (Fsp3) is 0.0930. The fourth-order valence-corrected chi connectivity index (χ4v) is 16.1. The van der Waals surface area contributed by atoms with Gasteiger partial charge in [-0.05, 0) is 147 Å². The third kappa shape index (κ3) is 7.83. The van der Waals surface area contributed by atoms with Crippen molar-refractivity contribution in [2.45, 2.75) is 52.4 Å². The van der Waals surface area contributed by atoms with Crippen LogP contribution in [0.2, 0.25) is 0 Å². The lowest BCUT2D eigenvalue weighted by atomic mass is 9.33.